The molecule has 2 aromatic carbocycles. The molecule has 0 aliphatic carbocycles. The van der Waals surface area contributed by atoms with Gasteiger partial charge < -0.3 is 25.0 Å². The summed E-state index contributed by atoms with van der Waals surface area (Å²) in [6.07, 6.45) is 0.878. The molecule has 0 saturated carbocycles. The van der Waals surface area contributed by atoms with Crippen LogP contribution in [0.1, 0.15) is 40.6 Å². The lowest BCUT2D eigenvalue weighted by Crippen LogP contribution is -2.61. The van der Waals surface area contributed by atoms with E-state index >= 15 is 0 Å². The molecule has 9 nitrogen and oxygen atoms in total. The third-order valence-corrected chi connectivity index (χ3v) is 6.17. The maximum absolute atomic E-state index is 13.2. The summed E-state index contributed by atoms with van der Waals surface area (Å²) < 4.78 is 11.6. The fourth-order valence-corrected chi connectivity index (χ4v) is 4.45. The molecular formula is C25H24N4O5. The van der Waals surface area contributed by atoms with Crippen LogP contribution in [-0.2, 0) is 4.79 Å². The number of nitrogens with one attached hydrogen (secondary N) is 2. The van der Waals surface area contributed by atoms with Gasteiger partial charge in [-0.1, -0.05) is 18.2 Å². The summed E-state index contributed by atoms with van der Waals surface area (Å²) in [5, 5.41) is 6.52. The fourth-order valence-electron chi connectivity index (χ4n) is 4.45. The monoisotopic (exact) mass is 460 g/mol. The van der Waals surface area contributed by atoms with Gasteiger partial charge >= 0.3 is 0 Å². The van der Waals surface area contributed by atoms with Gasteiger partial charge in [0.05, 0.1) is 12.7 Å². The predicted octanol–water partition coefficient (Wildman–Crippen LogP) is 2.96. The lowest BCUT2D eigenvalue weighted by molar-refractivity contribution is -0.114. The van der Waals surface area contributed by atoms with E-state index in [0.717, 1.165) is 5.39 Å². The van der Waals surface area contributed by atoms with Crippen LogP contribution in [-0.4, -0.2) is 53.5 Å². The summed E-state index contributed by atoms with van der Waals surface area (Å²) in [7, 11) is 1.58. The number of rotatable bonds is 3. The number of carbonyl (C=O) groups is 3. The number of aromatic nitrogens is 1. The van der Waals surface area contributed by atoms with Gasteiger partial charge in [-0.3, -0.25) is 14.4 Å². The number of para-hydroxylation sites is 1. The molecule has 0 unspecified atom stereocenters. The lowest BCUT2D eigenvalue weighted by Gasteiger charge is -2.44. The highest BCUT2D eigenvalue weighted by Crippen LogP contribution is 2.35. The first kappa shape index (κ1) is 21.7. The van der Waals surface area contributed by atoms with Crippen molar-refractivity contribution < 1.29 is 23.9 Å². The van der Waals surface area contributed by atoms with E-state index in [9.17, 15) is 14.4 Å². The van der Waals surface area contributed by atoms with Crippen LogP contribution in [0.15, 0.2) is 48.5 Å². The van der Waals surface area contributed by atoms with Crippen LogP contribution >= 0.6 is 0 Å². The Hall–Kier alpha value is -4.14. The van der Waals surface area contributed by atoms with Gasteiger partial charge in [0.1, 0.15) is 22.7 Å². The zero-order valence-electron chi connectivity index (χ0n) is 18.9. The Balaban J connectivity index is 1.31. The third kappa shape index (κ3) is 3.89. The lowest BCUT2D eigenvalue weighted by atomic mass is 9.96. The molecule has 2 aliphatic heterocycles. The third-order valence-electron chi connectivity index (χ3n) is 6.17. The molecule has 3 aromatic rings. The number of fused-ring (bicyclic) bond motifs is 2. The second kappa shape index (κ2) is 8.33. The Kier molecular flexibility index (Phi) is 5.31. The average Bonchev–Trinajstić information content (AvgIpc) is 2.83. The number of hydrogen-bond acceptors (Lipinski definition) is 6. The van der Waals surface area contributed by atoms with Gasteiger partial charge in [-0.15, -0.1) is 0 Å². The number of hydrogen-bond donors (Lipinski definition) is 2. The van der Waals surface area contributed by atoms with Crippen LogP contribution in [0.25, 0.3) is 10.9 Å². The molecule has 1 fully saturated rings. The van der Waals surface area contributed by atoms with Crippen molar-refractivity contribution in [2.24, 2.45) is 0 Å². The number of piperidine rings is 1. The van der Waals surface area contributed by atoms with Crippen molar-refractivity contribution in [2.45, 2.75) is 25.5 Å². The van der Waals surface area contributed by atoms with E-state index in [1.54, 1.807) is 36.3 Å². The van der Waals surface area contributed by atoms with E-state index in [4.69, 9.17) is 9.47 Å². The number of nitrogens with zero attached hydrogens (tertiary/aromatic N) is 2. The summed E-state index contributed by atoms with van der Waals surface area (Å²) >= 11 is 0. The van der Waals surface area contributed by atoms with Crippen LogP contribution in [0.5, 0.6) is 11.5 Å². The first-order chi connectivity index (χ1) is 16.4. The van der Waals surface area contributed by atoms with Gasteiger partial charge in [0, 0.05) is 43.9 Å². The highest BCUT2D eigenvalue weighted by molar-refractivity contribution is 6.00. The summed E-state index contributed by atoms with van der Waals surface area (Å²) in [6.45, 7) is 2.22. The minimum absolute atomic E-state index is 0.176. The summed E-state index contributed by atoms with van der Waals surface area (Å²) in [5.41, 5.74) is 1.00. The van der Waals surface area contributed by atoms with Gasteiger partial charge in [-0.25, -0.2) is 4.98 Å². The number of likely N-dealkylation sites (tertiary alicyclic amines) is 1. The minimum Gasteiger partial charge on any atom is -0.494 e. The van der Waals surface area contributed by atoms with Crippen LogP contribution in [0.3, 0.4) is 0 Å². The molecule has 0 atom stereocenters. The van der Waals surface area contributed by atoms with E-state index in [2.05, 4.69) is 15.6 Å². The number of amides is 3. The van der Waals surface area contributed by atoms with Crippen LogP contribution in [0.2, 0.25) is 0 Å². The maximum Gasteiger partial charge on any atom is 0.272 e. The highest BCUT2D eigenvalue weighted by atomic mass is 16.5. The molecule has 1 spiro atoms. The molecule has 3 amide bonds. The van der Waals surface area contributed by atoms with Gasteiger partial charge in [0.2, 0.25) is 5.91 Å². The zero-order valence-corrected chi connectivity index (χ0v) is 18.9. The quantitative estimate of drug-likeness (QED) is 0.622. The van der Waals surface area contributed by atoms with Crippen LogP contribution < -0.4 is 20.1 Å². The number of ether oxygens (including phenoxy) is 2. The SMILES string of the molecule is COc1cccc2ccc(C(=O)N3CCC4(CC3)NC(=O)c3cc(NC(C)=O)ccc3O4)nc12. The van der Waals surface area contributed by atoms with E-state index in [0.29, 0.717) is 59.9 Å². The van der Waals surface area contributed by atoms with E-state index < -0.39 is 5.72 Å². The summed E-state index contributed by atoms with van der Waals surface area (Å²) in [4.78, 5) is 43.5. The predicted molar refractivity (Wildman–Crippen MR) is 125 cm³/mol. The smallest absolute Gasteiger partial charge is 0.272 e. The van der Waals surface area contributed by atoms with Crippen molar-refractivity contribution in [1.82, 2.24) is 15.2 Å². The van der Waals surface area contributed by atoms with E-state index in [1.165, 1.54) is 6.92 Å². The van der Waals surface area contributed by atoms with Crippen molar-refractivity contribution in [3.8, 4) is 11.5 Å². The Morgan fingerprint density at radius 3 is 2.68 bits per heavy atom. The Morgan fingerprint density at radius 1 is 1.15 bits per heavy atom. The van der Waals surface area contributed by atoms with Crippen LogP contribution in [0.4, 0.5) is 5.69 Å². The summed E-state index contributed by atoms with van der Waals surface area (Å²) in [6, 6.07) is 14.2. The fraction of sp³-hybridized carbons (Fsp3) is 0.280. The molecule has 34 heavy (non-hydrogen) atoms. The molecule has 1 saturated heterocycles. The second-order valence-electron chi connectivity index (χ2n) is 8.46. The average molecular weight is 460 g/mol. The van der Waals surface area contributed by atoms with E-state index in [1.807, 2.05) is 24.3 Å². The standard InChI is InChI=1S/C25H24N4O5/c1-15(30)26-17-7-9-20-18(14-17)23(31)28-25(34-20)10-12-29(13-11-25)24(32)19-8-6-16-4-3-5-21(33-2)22(16)27-19/h3-9,14H,10-13H2,1-2H3,(H,26,30)(H,28,31). The van der Waals surface area contributed by atoms with Crippen LogP contribution in [0, 0.1) is 0 Å². The molecule has 9 heteroatoms. The van der Waals surface area contributed by atoms with Crippen molar-refractivity contribution in [1.29, 1.82) is 0 Å². The number of pyridine rings is 1. The molecule has 1 aromatic heterocycles. The molecule has 2 N–H and O–H groups in total. The molecule has 174 valence electrons. The zero-order chi connectivity index (χ0) is 23.9. The van der Waals surface area contributed by atoms with Gasteiger partial charge in [0.15, 0.2) is 5.72 Å². The first-order valence-corrected chi connectivity index (χ1v) is 11.0. The van der Waals surface area contributed by atoms with E-state index in [-0.39, 0.29) is 17.7 Å². The topological polar surface area (TPSA) is 110 Å². The van der Waals surface area contributed by atoms with Crippen molar-refractivity contribution in [3.63, 3.8) is 0 Å². The minimum atomic E-state index is -0.879. The molecule has 5 rings (SSSR count). The van der Waals surface area contributed by atoms with Crippen molar-refractivity contribution >= 4 is 34.3 Å². The molecular weight excluding hydrogens is 436 g/mol. The largest absolute Gasteiger partial charge is 0.494 e. The number of carbonyl (C=O) groups excluding carboxylic acids is 3. The Bertz CT molecular complexity index is 1310. The molecule has 3 heterocycles. The van der Waals surface area contributed by atoms with Gasteiger partial charge in [-0.05, 0) is 30.3 Å². The van der Waals surface area contributed by atoms with Gasteiger partial charge in [0.25, 0.3) is 11.8 Å². The number of benzene rings is 2. The van der Waals surface area contributed by atoms with Crippen molar-refractivity contribution in [3.05, 3.63) is 59.8 Å². The Morgan fingerprint density at radius 2 is 1.94 bits per heavy atom. The number of anilines is 1. The number of methoxy groups -OCH3 is 1. The maximum atomic E-state index is 13.2. The molecule has 0 bridgehead atoms. The van der Waals surface area contributed by atoms with Gasteiger partial charge in [-0.2, -0.15) is 0 Å². The highest BCUT2D eigenvalue weighted by Gasteiger charge is 2.43. The second-order valence-corrected chi connectivity index (χ2v) is 8.46. The normalized spacial score (nSPS) is 16.4. The van der Waals surface area contributed by atoms with Crippen molar-refractivity contribution in [2.75, 3.05) is 25.5 Å². The first-order valence-electron chi connectivity index (χ1n) is 11.0. The summed E-state index contributed by atoms with van der Waals surface area (Å²) in [5.74, 6) is 0.413. The molecule has 0 radical (unpaired) electrons. The molecule has 2 aliphatic rings. The Labute approximate surface area is 196 Å².